The van der Waals surface area contributed by atoms with Crippen LogP contribution in [0.2, 0.25) is 0 Å². The monoisotopic (exact) mass is 294 g/mol. The lowest BCUT2D eigenvalue weighted by Crippen LogP contribution is -2.46. The number of aryl methyl sites for hydroxylation is 1. The molecule has 2 rings (SSSR count). The van der Waals surface area contributed by atoms with Crippen molar-refractivity contribution in [3.05, 3.63) is 23.2 Å². The molecule has 2 heterocycles. The minimum atomic E-state index is 0.320. The molecule has 0 radical (unpaired) electrons. The van der Waals surface area contributed by atoms with Crippen LogP contribution in [0.4, 0.5) is 0 Å². The summed E-state index contributed by atoms with van der Waals surface area (Å²) in [6.45, 7) is 15.5. The Balaban J connectivity index is 1.92. The minimum Gasteiger partial charge on any atom is -0.465 e. The second-order valence-corrected chi connectivity index (χ2v) is 6.74. The van der Waals surface area contributed by atoms with Crippen LogP contribution in [0.25, 0.3) is 0 Å². The lowest BCUT2D eigenvalue weighted by Gasteiger charge is -2.36. The van der Waals surface area contributed by atoms with Crippen molar-refractivity contribution in [2.24, 2.45) is 5.92 Å². The van der Waals surface area contributed by atoms with E-state index in [0.29, 0.717) is 18.1 Å². The summed E-state index contributed by atoms with van der Waals surface area (Å²) in [7, 11) is 0. The van der Waals surface area contributed by atoms with Crippen molar-refractivity contribution in [3.63, 3.8) is 0 Å². The van der Waals surface area contributed by atoms with Crippen LogP contribution in [0.1, 0.15) is 44.8 Å². The molecule has 0 aliphatic carbocycles. The Kier molecular flexibility index (Phi) is 5.85. The lowest BCUT2D eigenvalue weighted by molar-refractivity contribution is -0.0527. The van der Waals surface area contributed by atoms with Gasteiger partial charge in [0.05, 0.1) is 19.3 Å². The summed E-state index contributed by atoms with van der Waals surface area (Å²) in [5, 5.41) is 3.43. The quantitative estimate of drug-likeness (QED) is 0.875. The molecule has 1 aromatic heterocycles. The van der Waals surface area contributed by atoms with Gasteiger partial charge in [0, 0.05) is 24.7 Å². The Morgan fingerprint density at radius 2 is 2.14 bits per heavy atom. The molecule has 4 heteroatoms. The van der Waals surface area contributed by atoms with E-state index in [1.807, 2.05) is 0 Å². The summed E-state index contributed by atoms with van der Waals surface area (Å²) in [5.41, 5.74) is 1.30. The summed E-state index contributed by atoms with van der Waals surface area (Å²) >= 11 is 0. The Morgan fingerprint density at radius 3 is 2.86 bits per heavy atom. The fraction of sp³-hybridized carbons (Fsp3) is 0.765. The van der Waals surface area contributed by atoms with Gasteiger partial charge in [-0.1, -0.05) is 13.8 Å². The van der Waals surface area contributed by atoms with Crippen molar-refractivity contribution in [3.8, 4) is 0 Å². The van der Waals surface area contributed by atoms with Crippen molar-refractivity contribution in [2.45, 2.75) is 59.9 Å². The molecule has 0 bridgehead atoms. The summed E-state index contributed by atoms with van der Waals surface area (Å²) in [6.07, 6.45) is 0.320. The van der Waals surface area contributed by atoms with E-state index in [0.717, 1.165) is 44.3 Å². The maximum absolute atomic E-state index is 5.88. The standard InChI is InChI=1S/C17H30N2O2/c1-12(2)7-18-8-17-6-16(15(5)21-17)10-19-9-14(4)20-11-13(19)3/h6,12-14,18H,7-11H2,1-5H3. The van der Waals surface area contributed by atoms with Gasteiger partial charge in [-0.15, -0.1) is 0 Å². The number of nitrogens with one attached hydrogen (secondary N) is 1. The average Bonchev–Trinajstić information content (AvgIpc) is 2.74. The van der Waals surface area contributed by atoms with Crippen LogP contribution in [-0.4, -0.2) is 36.7 Å². The zero-order valence-corrected chi connectivity index (χ0v) is 14.1. The molecule has 0 amide bonds. The van der Waals surface area contributed by atoms with Gasteiger partial charge < -0.3 is 14.5 Å². The number of hydrogen-bond acceptors (Lipinski definition) is 4. The van der Waals surface area contributed by atoms with Crippen molar-refractivity contribution < 1.29 is 9.15 Å². The number of morpholine rings is 1. The second-order valence-electron chi connectivity index (χ2n) is 6.74. The molecule has 0 spiro atoms. The Bertz CT molecular complexity index is 442. The molecule has 1 fully saturated rings. The first kappa shape index (κ1) is 16.5. The third kappa shape index (κ3) is 4.83. The minimum absolute atomic E-state index is 0.320. The highest BCUT2D eigenvalue weighted by Gasteiger charge is 2.24. The van der Waals surface area contributed by atoms with E-state index in [2.05, 4.69) is 50.9 Å². The van der Waals surface area contributed by atoms with Crippen LogP contribution < -0.4 is 5.32 Å². The molecule has 1 aliphatic rings. The third-order valence-electron chi connectivity index (χ3n) is 4.03. The molecule has 0 saturated carbocycles. The van der Waals surface area contributed by atoms with Crippen LogP contribution in [0, 0.1) is 12.8 Å². The molecule has 2 unspecified atom stereocenters. The molecular formula is C17H30N2O2. The maximum Gasteiger partial charge on any atom is 0.118 e. The first-order valence-electron chi connectivity index (χ1n) is 8.10. The van der Waals surface area contributed by atoms with E-state index < -0.39 is 0 Å². The number of nitrogens with zero attached hydrogens (tertiary/aromatic N) is 1. The number of hydrogen-bond donors (Lipinski definition) is 1. The van der Waals surface area contributed by atoms with E-state index in [4.69, 9.17) is 9.15 Å². The van der Waals surface area contributed by atoms with E-state index in [1.54, 1.807) is 0 Å². The Morgan fingerprint density at radius 1 is 1.38 bits per heavy atom. The molecule has 1 N–H and O–H groups in total. The third-order valence-corrected chi connectivity index (χ3v) is 4.03. The van der Waals surface area contributed by atoms with Crippen molar-refractivity contribution in [1.29, 1.82) is 0 Å². The fourth-order valence-corrected chi connectivity index (χ4v) is 2.73. The highest BCUT2D eigenvalue weighted by Crippen LogP contribution is 2.20. The predicted octanol–water partition coefficient (Wildman–Crippen LogP) is 2.94. The molecular weight excluding hydrogens is 264 g/mol. The topological polar surface area (TPSA) is 37.6 Å². The van der Waals surface area contributed by atoms with Gasteiger partial charge in [-0.05, 0) is 39.3 Å². The largest absolute Gasteiger partial charge is 0.465 e. The Hall–Kier alpha value is -0.840. The molecule has 1 aliphatic heterocycles. The highest BCUT2D eigenvalue weighted by molar-refractivity contribution is 5.21. The zero-order valence-electron chi connectivity index (χ0n) is 14.1. The lowest BCUT2D eigenvalue weighted by atomic mass is 10.1. The van der Waals surface area contributed by atoms with Gasteiger partial charge >= 0.3 is 0 Å². The van der Waals surface area contributed by atoms with E-state index in [9.17, 15) is 0 Å². The zero-order chi connectivity index (χ0) is 15.4. The average molecular weight is 294 g/mol. The molecule has 4 nitrogen and oxygen atoms in total. The smallest absolute Gasteiger partial charge is 0.118 e. The highest BCUT2D eigenvalue weighted by atomic mass is 16.5. The van der Waals surface area contributed by atoms with Crippen LogP contribution in [0.5, 0.6) is 0 Å². The summed E-state index contributed by atoms with van der Waals surface area (Å²) in [4.78, 5) is 2.48. The predicted molar refractivity (Wildman–Crippen MR) is 85.3 cm³/mol. The van der Waals surface area contributed by atoms with Crippen LogP contribution in [-0.2, 0) is 17.8 Å². The van der Waals surface area contributed by atoms with Gasteiger partial charge in [-0.2, -0.15) is 0 Å². The summed E-state index contributed by atoms with van der Waals surface area (Å²) in [5.74, 6) is 2.75. The first-order chi connectivity index (χ1) is 9.95. The molecule has 120 valence electrons. The van der Waals surface area contributed by atoms with Crippen molar-refractivity contribution >= 4 is 0 Å². The molecule has 1 saturated heterocycles. The van der Waals surface area contributed by atoms with Crippen LogP contribution in [0.3, 0.4) is 0 Å². The number of ether oxygens (including phenoxy) is 1. The van der Waals surface area contributed by atoms with E-state index >= 15 is 0 Å². The van der Waals surface area contributed by atoms with Gasteiger partial charge in [0.25, 0.3) is 0 Å². The van der Waals surface area contributed by atoms with Crippen molar-refractivity contribution in [2.75, 3.05) is 19.7 Å². The number of furan rings is 1. The second kappa shape index (κ2) is 7.43. The summed E-state index contributed by atoms with van der Waals surface area (Å²) in [6, 6.07) is 2.67. The van der Waals surface area contributed by atoms with Gasteiger partial charge in [0.15, 0.2) is 0 Å². The van der Waals surface area contributed by atoms with Gasteiger partial charge in [-0.25, -0.2) is 0 Å². The Labute approximate surface area is 128 Å². The van der Waals surface area contributed by atoms with Crippen molar-refractivity contribution in [1.82, 2.24) is 10.2 Å². The first-order valence-corrected chi connectivity index (χ1v) is 8.10. The molecule has 21 heavy (non-hydrogen) atoms. The molecule has 0 aromatic carbocycles. The number of rotatable bonds is 6. The van der Waals surface area contributed by atoms with Crippen LogP contribution in [0.15, 0.2) is 10.5 Å². The molecule has 1 aromatic rings. The van der Waals surface area contributed by atoms with Gasteiger partial charge in [0.2, 0.25) is 0 Å². The van der Waals surface area contributed by atoms with E-state index in [-0.39, 0.29) is 0 Å². The van der Waals surface area contributed by atoms with Gasteiger partial charge in [0.1, 0.15) is 11.5 Å². The normalized spacial score (nSPS) is 23.9. The van der Waals surface area contributed by atoms with Crippen LogP contribution >= 0.6 is 0 Å². The SMILES string of the molecule is Cc1oc(CNCC(C)C)cc1CN1CC(C)OCC1C. The van der Waals surface area contributed by atoms with Gasteiger partial charge in [-0.3, -0.25) is 4.90 Å². The van der Waals surface area contributed by atoms with E-state index in [1.165, 1.54) is 5.56 Å². The maximum atomic E-state index is 5.88. The molecule has 2 atom stereocenters. The fourth-order valence-electron chi connectivity index (χ4n) is 2.73. The summed E-state index contributed by atoms with van der Waals surface area (Å²) < 4.78 is 11.6.